The second kappa shape index (κ2) is 6.31. The largest absolute Gasteiger partial charge is 0.314 e. The maximum atomic E-state index is 13.8. The molecule has 0 spiro atoms. The Morgan fingerprint density at radius 1 is 1.42 bits per heavy atom. The van der Waals surface area contributed by atoms with Crippen molar-refractivity contribution < 1.29 is 4.39 Å². The predicted octanol–water partition coefficient (Wildman–Crippen LogP) is 3.05. The van der Waals surface area contributed by atoms with Gasteiger partial charge in [-0.25, -0.2) is 4.39 Å². The Morgan fingerprint density at radius 3 is 2.68 bits per heavy atom. The van der Waals surface area contributed by atoms with E-state index in [0.717, 1.165) is 43.7 Å². The summed E-state index contributed by atoms with van der Waals surface area (Å²) in [5.74, 6) is -0.112. The Labute approximate surface area is 115 Å². The molecule has 0 saturated carbocycles. The molecule has 1 N–H and O–H groups in total. The molecule has 1 aliphatic heterocycles. The molecular formula is C16H23FN2. The summed E-state index contributed by atoms with van der Waals surface area (Å²) in [7, 11) is 0. The summed E-state index contributed by atoms with van der Waals surface area (Å²) < 4.78 is 13.8. The number of nitrogens with one attached hydrogen (secondary N) is 1. The molecule has 0 bridgehead atoms. The van der Waals surface area contributed by atoms with E-state index in [-0.39, 0.29) is 11.9 Å². The van der Waals surface area contributed by atoms with Crippen molar-refractivity contribution in [3.05, 3.63) is 47.3 Å². The van der Waals surface area contributed by atoms with Crippen LogP contribution in [0.25, 0.3) is 0 Å². The molecule has 2 rings (SSSR count). The highest BCUT2D eigenvalue weighted by Crippen LogP contribution is 2.28. The third-order valence-electron chi connectivity index (χ3n) is 3.71. The number of piperazine rings is 1. The van der Waals surface area contributed by atoms with E-state index >= 15 is 0 Å². The van der Waals surface area contributed by atoms with Crippen molar-refractivity contribution in [2.24, 2.45) is 0 Å². The van der Waals surface area contributed by atoms with Gasteiger partial charge >= 0.3 is 0 Å². The van der Waals surface area contributed by atoms with E-state index in [4.69, 9.17) is 0 Å². The zero-order valence-electron chi connectivity index (χ0n) is 11.9. The number of nitrogens with zero attached hydrogens (tertiary/aromatic N) is 1. The molecule has 1 saturated heterocycles. The van der Waals surface area contributed by atoms with Crippen LogP contribution < -0.4 is 5.32 Å². The van der Waals surface area contributed by atoms with Crippen molar-refractivity contribution in [3.8, 4) is 0 Å². The summed E-state index contributed by atoms with van der Waals surface area (Å²) in [6.45, 7) is 11.9. The van der Waals surface area contributed by atoms with Crippen molar-refractivity contribution in [2.75, 3.05) is 26.2 Å². The average molecular weight is 262 g/mol. The third kappa shape index (κ3) is 3.64. The van der Waals surface area contributed by atoms with Gasteiger partial charge in [0.25, 0.3) is 0 Å². The van der Waals surface area contributed by atoms with Gasteiger partial charge in [0.1, 0.15) is 5.82 Å². The molecule has 104 valence electrons. The lowest BCUT2D eigenvalue weighted by Crippen LogP contribution is -2.45. The smallest absolute Gasteiger partial charge is 0.126 e. The molecule has 1 fully saturated rings. The van der Waals surface area contributed by atoms with Crippen LogP contribution >= 0.6 is 0 Å². The minimum Gasteiger partial charge on any atom is -0.314 e. The Morgan fingerprint density at radius 2 is 2.11 bits per heavy atom. The van der Waals surface area contributed by atoms with Crippen LogP contribution in [0.4, 0.5) is 4.39 Å². The molecule has 1 atom stereocenters. The van der Waals surface area contributed by atoms with Crippen LogP contribution in [0.3, 0.4) is 0 Å². The molecule has 0 amide bonds. The van der Waals surface area contributed by atoms with Gasteiger partial charge in [-0.2, -0.15) is 0 Å². The first-order valence-electron chi connectivity index (χ1n) is 6.93. The molecule has 1 heterocycles. The normalized spacial score (nSPS) is 18.3. The molecule has 0 aromatic heterocycles. The topological polar surface area (TPSA) is 15.3 Å². The minimum absolute atomic E-state index is 0.112. The van der Waals surface area contributed by atoms with Crippen LogP contribution in [-0.4, -0.2) is 31.1 Å². The van der Waals surface area contributed by atoms with Crippen LogP contribution in [0.2, 0.25) is 0 Å². The Bertz CT molecular complexity index is 450. The van der Waals surface area contributed by atoms with E-state index < -0.39 is 0 Å². The maximum Gasteiger partial charge on any atom is 0.126 e. The zero-order valence-corrected chi connectivity index (χ0v) is 11.9. The second-order valence-electron chi connectivity index (χ2n) is 5.47. The van der Waals surface area contributed by atoms with Gasteiger partial charge in [0.05, 0.1) is 0 Å². The van der Waals surface area contributed by atoms with Gasteiger partial charge in [0.2, 0.25) is 0 Å². The quantitative estimate of drug-likeness (QED) is 0.839. The lowest BCUT2D eigenvalue weighted by atomic mass is 9.97. The molecule has 0 unspecified atom stereocenters. The van der Waals surface area contributed by atoms with Gasteiger partial charge in [0, 0.05) is 32.2 Å². The summed E-state index contributed by atoms with van der Waals surface area (Å²) in [6.07, 6.45) is 0.891. The van der Waals surface area contributed by atoms with E-state index in [1.165, 1.54) is 0 Å². The van der Waals surface area contributed by atoms with Crippen molar-refractivity contribution in [1.82, 2.24) is 10.2 Å². The Kier molecular flexibility index (Phi) is 4.72. The SMILES string of the molecule is C=C(C)C[C@H](c1ccc(C)c(F)c1)N1CCNCC1. The monoisotopic (exact) mass is 262 g/mol. The Balaban J connectivity index is 2.24. The number of hydrogen-bond acceptors (Lipinski definition) is 2. The molecule has 0 aliphatic carbocycles. The van der Waals surface area contributed by atoms with Crippen LogP contribution in [0.15, 0.2) is 30.4 Å². The summed E-state index contributed by atoms with van der Waals surface area (Å²) >= 11 is 0. The van der Waals surface area contributed by atoms with Gasteiger partial charge in [0.15, 0.2) is 0 Å². The molecule has 1 aromatic carbocycles. The van der Waals surface area contributed by atoms with Crippen LogP contribution in [0, 0.1) is 12.7 Å². The summed E-state index contributed by atoms with van der Waals surface area (Å²) in [4.78, 5) is 2.43. The first kappa shape index (κ1) is 14.2. The maximum absolute atomic E-state index is 13.8. The number of halogens is 1. The van der Waals surface area contributed by atoms with Crippen molar-refractivity contribution >= 4 is 0 Å². The van der Waals surface area contributed by atoms with Crippen LogP contribution in [-0.2, 0) is 0 Å². The van der Waals surface area contributed by atoms with Crippen molar-refractivity contribution in [1.29, 1.82) is 0 Å². The number of benzene rings is 1. The van der Waals surface area contributed by atoms with Gasteiger partial charge in [-0.1, -0.05) is 17.7 Å². The van der Waals surface area contributed by atoms with Gasteiger partial charge in [-0.3, -0.25) is 4.90 Å². The van der Waals surface area contributed by atoms with Gasteiger partial charge < -0.3 is 5.32 Å². The standard InChI is InChI=1S/C16H23FN2/c1-12(2)10-16(19-8-6-18-7-9-19)14-5-4-13(3)15(17)11-14/h4-5,11,16,18H,1,6-10H2,2-3H3/t16-/m1/s1. The van der Waals surface area contributed by atoms with Gasteiger partial charge in [-0.05, 0) is 37.5 Å². The predicted molar refractivity (Wildman–Crippen MR) is 77.8 cm³/mol. The van der Waals surface area contributed by atoms with E-state index in [1.54, 1.807) is 13.0 Å². The summed E-state index contributed by atoms with van der Waals surface area (Å²) in [5, 5.41) is 3.36. The fourth-order valence-electron chi connectivity index (χ4n) is 2.60. The highest BCUT2D eigenvalue weighted by Gasteiger charge is 2.22. The van der Waals surface area contributed by atoms with Gasteiger partial charge in [-0.15, -0.1) is 6.58 Å². The fraction of sp³-hybridized carbons (Fsp3) is 0.500. The van der Waals surface area contributed by atoms with Crippen molar-refractivity contribution in [2.45, 2.75) is 26.3 Å². The molecule has 2 nitrogen and oxygen atoms in total. The second-order valence-corrected chi connectivity index (χ2v) is 5.47. The minimum atomic E-state index is -0.112. The Hall–Kier alpha value is -1.19. The van der Waals surface area contributed by atoms with E-state index in [0.29, 0.717) is 5.56 Å². The fourth-order valence-corrected chi connectivity index (χ4v) is 2.60. The highest BCUT2D eigenvalue weighted by atomic mass is 19.1. The zero-order chi connectivity index (χ0) is 13.8. The molecule has 1 aromatic rings. The average Bonchev–Trinajstić information content (AvgIpc) is 2.40. The van der Waals surface area contributed by atoms with E-state index in [1.807, 2.05) is 19.1 Å². The highest BCUT2D eigenvalue weighted by molar-refractivity contribution is 5.27. The number of aryl methyl sites for hydroxylation is 1. The molecule has 1 aliphatic rings. The molecular weight excluding hydrogens is 239 g/mol. The lowest BCUT2D eigenvalue weighted by Gasteiger charge is -2.35. The first-order chi connectivity index (χ1) is 9.08. The number of rotatable bonds is 4. The van der Waals surface area contributed by atoms with E-state index in [9.17, 15) is 4.39 Å². The first-order valence-corrected chi connectivity index (χ1v) is 6.93. The molecule has 19 heavy (non-hydrogen) atoms. The molecule has 3 heteroatoms. The molecule has 0 radical (unpaired) electrons. The lowest BCUT2D eigenvalue weighted by molar-refractivity contribution is 0.172. The summed E-state index contributed by atoms with van der Waals surface area (Å²) in [5.41, 5.74) is 2.91. The third-order valence-corrected chi connectivity index (χ3v) is 3.71. The van der Waals surface area contributed by atoms with Crippen LogP contribution in [0.1, 0.15) is 30.5 Å². The summed E-state index contributed by atoms with van der Waals surface area (Å²) in [6, 6.07) is 5.85. The number of hydrogen-bond donors (Lipinski definition) is 1. The van der Waals surface area contributed by atoms with Crippen molar-refractivity contribution in [3.63, 3.8) is 0 Å². The van der Waals surface area contributed by atoms with E-state index in [2.05, 4.69) is 16.8 Å². The van der Waals surface area contributed by atoms with Crippen LogP contribution in [0.5, 0.6) is 0 Å².